The van der Waals surface area contributed by atoms with E-state index in [2.05, 4.69) is 48.5 Å². The van der Waals surface area contributed by atoms with Gasteiger partial charge in [-0.2, -0.15) is 0 Å². The topological polar surface area (TPSA) is 63.6 Å². The van der Waals surface area contributed by atoms with Gasteiger partial charge in [0.1, 0.15) is 6.10 Å². The number of carboxylic acids is 1. The largest absolute Gasteiger partial charge is 0.481 e. The molecule has 232 valence electrons. The molecule has 2 fully saturated rings. The average molecular weight is 577 g/mol. The minimum atomic E-state index is -0.632. The van der Waals surface area contributed by atoms with Crippen LogP contribution in [0.5, 0.6) is 0 Å². The quantitative estimate of drug-likeness (QED) is 0.235. The standard InChI is InChI=1S/C38H56O4/c1-25(2)12-11-13-26(3)28-19-23-38(24-33(39)40)30-16-17-31-35(4,5)32(42-34(41)27-14-9-8-10-15-27)20-21-36(31,6)29(30)18-22-37(28,38)7/h8-10,14-15,25-26,28,31-32H,11-13,16-24H2,1-7H3,(H,39,40)/t26-,28-,31+,32+,36-,37-,38-/m1/s1. The van der Waals surface area contributed by atoms with Crippen molar-refractivity contribution in [1.29, 1.82) is 0 Å². The van der Waals surface area contributed by atoms with Crippen LogP contribution in [0.15, 0.2) is 41.5 Å². The summed E-state index contributed by atoms with van der Waals surface area (Å²) in [5.41, 5.74) is 3.43. The number of aliphatic carboxylic acids is 1. The number of esters is 1. The van der Waals surface area contributed by atoms with Crippen molar-refractivity contribution in [2.75, 3.05) is 0 Å². The van der Waals surface area contributed by atoms with E-state index in [4.69, 9.17) is 4.74 Å². The van der Waals surface area contributed by atoms with Crippen LogP contribution in [-0.4, -0.2) is 23.1 Å². The molecule has 0 unspecified atom stereocenters. The molecule has 0 heterocycles. The van der Waals surface area contributed by atoms with Crippen molar-refractivity contribution in [3.63, 3.8) is 0 Å². The summed E-state index contributed by atoms with van der Waals surface area (Å²) in [6, 6.07) is 9.37. The fourth-order valence-corrected chi connectivity index (χ4v) is 11.1. The fourth-order valence-electron chi connectivity index (χ4n) is 11.1. The highest BCUT2D eigenvalue weighted by atomic mass is 16.5. The second-order valence-corrected chi connectivity index (χ2v) is 16.1. The number of rotatable bonds is 9. The molecule has 0 aliphatic heterocycles. The van der Waals surface area contributed by atoms with Crippen LogP contribution in [0, 0.1) is 45.3 Å². The summed E-state index contributed by atoms with van der Waals surface area (Å²) >= 11 is 0. The molecule has 0 aromatic heterocycles. The molecular formula is C38H56O4. The molecule has 42 heavy (non-hydrogen) atoms. The first-order chi connectivity index (χ1) is 19.8. The van der Waals surface area contributed by atoms with Gasteiger partial charge < -0.3 is 9.84 Å². The first kappa shape index (κ1) is 31.3. The molecule has 4 aliphatic carbocycles. The summed E-state index contributed by atoms with van der Waals surface area (Å²) in [7, 11) is 0. The maximum Gasteiger partial charge on any atom is 0.338 e. The van der Waals surface area contributed by atoms with Crippen LogP contribution in [0.3, 0.4) is 0 Å². The normalized spacial score (nSPS) is 36.1. The van der Waals surface area contributed by atoms with Crippen LogP contribution in [0.4, 0.5) is 0 Å². The van der Waals surface area contributed by atoms with Gasteiger partial charge in [0.05, 0.1) is 12.0 Å². The molecule has 0 radical (unpaired) electrons. The Morgan fingerprint density at radius 2 is 1.62 bits per heavy atom. The highest BCUT2D eigenvalue weighted by Crippen LogP contribution is 2.73. The average Bonchev–Trinajstić information content (AvgIpc) is 3.22. The van der Waals surface area contributed by atoms with Crippen molar-refractivity contribution >= 4 is 11.9 Å². The van der Waals surface area contributed by atoms with Gasteiger partial charge in [0.25, 0.3) is 0 Å². The second kappa shape index (κ2) is 11.4. The van der Waals surface area contributed by atoms with Gasteiger partial charge in [0.2, 0.25) is 0 Å². The third-order valence-electron chi connectivity index (χ3n) is 13.3. The summed E-state index contributed by atoms with van der Waals surface area (Å²) in [5.74, 6) is 1.51. The molecule has 1 N–H and O–H groups in total. The molecule has 7 atom stereocenters. The lowest BCUT2D eigenvalue weighted by atomic mass is 9.42. The van der Waals surface area contributed by atoms with Gasteiger partial charge in [-0.15, -0.1) is 0 Å². The van der Waals surface area contributed by atoms with Crippen LogP contribution in [0.1, 0.15) is 136 Å². The number of fused-ring (bicyclic) bond motifs is 4. The zero-order valence-electron chi connectivity index (χ0n) is 27.4. The maximum absolute atomic E-state index is 13.1. The van der Waals surface area contributed by atoms with Gasteiger partial charge in [-0.05, 0) is 98.0 Å². The van der Waals surface area contributed by atoms with Crippen LogP contribution in [0.25, 0.3) is 0 Å². The molecule has 0 spiro atoms. The van der Waals surface area contributed by atoms with Gasteiger partial charge in [-0.1, -0.05) is 97.1 Å². The number of carbonyl (C=O) groups is 2. The fraction of sp³-hybridized carbons (Fsp3) is 0.737. The first-order valence-electron chi connectivity index (χ1n) is 17.0. The van der Waals surface area contributed by atoms with Gasteiger partial charge in [0.15, 0.2) is 0 Å². The highest BCUT2D eigenvalue weighted by molar-refractivity contribution is 5.89. The predicted octanol–water partition coefficient (Wildman–Crippen LogP) is 9.88. The minimum absolute atomic E-state index is 0.0283. The third-order valence-corrected chi connectivity index (χ3v) is 13.3. The van der Waals surface area contributed by atoms with Crippen LogP contribution in [-0.2, 0) is 9.53 Å². The maximum atomic E-state index is 13.1. The number of hydrogen-bond donors (Lipinski definition) is 1. The Kier molecular flexibility index (Phi) is 8.53. The molecule has 0 amide bonds. The lowest BCUT2D eigenvalue weighted by Gasteiger charge is -2.62. The van der Waals surface area contributed by atoms with Crippen molar-refractivity contribution in [3.05, 3.63) is 47.0 Å². The Bertz CT molecular complexity index is 1200. The molecule has 5 rings (SSSR count). The number of ether oxygens (including phenoxy) is 1. The molecule has 4 heteroatoms. The van der Waals surface area contributed by atoms with Crippen LogP contribution >= 0.6 is 0 Å². The van der Waals surface area contributed by atoms with Gasteiger partial charge >= 0.3 is 11.9 Å². The lowest BCUT2D eigenvalue weighted by molar-refractivity contribution is -0.142. The van der Waals surface area contributed by atoms with E-state index in [-0.39, 0.29) is 40.2 Å². The highest BCUT2D eigenvalue weighted by Gasteiger charge is 2.65. The zero-order valence-corrected chi connectivity index (χ0v) is 27.4. The summed E-state index contributed by atoms with van der Waals surface area (Å²) in [6.07, 6.45) is 12.3. The van der Waals surface area contributed by atoms with Gasteiger partial charge in [-0.25, -0.2) is 4.79 Å². The van der Waals surface area contributed by atoms with Crippen molar-refractivity contribution in [2.45, 2.75) is 132 Å². The lowest BCUT2D eigenvalue weighted by Crippen LogP contribution is -2.56. The van der Waals surface area contributed by atoms with Crippen LogP contribution < -0.4 is 0 Å². The molecular weight excluding hydrogens is 520 g/mol. The molecule has 0 bridgehead atoms. The van der Waals surface area contributed by atoms with Crippen molar-refractivity contribution < 1.29 is 19.4 Å². The number of benzene rings is 1. The third kappa shape index (κ3) is 5.07. The number of carboxylic acid groups (broad SMARTS) is 1. The summed E-state index contributed by atoms with van der Waals surface area (Å²) < 4.78 is 6.24. The Labute approximate surface area is 255 Å². The number of allylic oxidation sites excluding steroid dienone is 2. The minimum Gasteiger partial charge on any atom is -0.481 e. The van der Waals surface area contributed by atoms with E-state index >= 15 is 0 Å². The molecule has 0 saturated heterocycles. The molecule has 2 saturated carbocycles. The monoisotopic (exact) mass is 576 g/mol. The van der Waals surface area contributed by atoms with Crippen molar-refractivity contribution in [1.82, 2.24) is 0 Å². The number of carbonyl (C=O) groups excluding carboxylic acids is 1. The zero-order chi connectivity index (χ0) is 30.5. The van der Waals surface area contributed by atoms with Crippen molar-refractivity contribution in [3.8, 4) is 0 Å². The predicted molar refractivity (Wildman–Crippen MR) is 169 cm³/mol. The Hall–Kier alpha value is -2.10. The van der Waals surface area contributed by atoms with E-state index in [9.17, 15) is 14.7 Å². The SMILES string of the molecule is CC(C)CCC[C@@H](C)[C@H]1CC[C@@]2(CC(=O)O)C3=C(CC[C@]12C)[C@@]1(C)CC[C@H](OC(=O)c2ccccc2)C(C)(C)[C@@H]1CC3. The van der Waals surface area contributed by atoms with E-state index in [0.717, 1.165) is 57.3 Å². The van der Waals surface area contributed by atoms with E-state index in [1.165, 1.54) is 24.8 Å². The Morgan fingerprint density at radius 1 is 0.905 bits per heavy atom. The van der Waals surface area contributed by atoms with E-state index in [1.807, 2.05) is 30.3 Å². The molecule has 4 aliphatic rings. The Balaban J connectivity index is 1.44. The summed E-state index contributed by atoms with van der Waals surface area (Å²) in [5, 5.41) is 10.4. The van der Waals surface area contributed by atoms with E-state index < -0.39 is 5.97 Å². The second-order valence-electron chi connectivity index (χ2n) is 16.1. The summed E-state index contributed by atoms with van der Waals surface area (Å²) in [6.45, 7) is 16.7. The smallest absolute Gasteiger partial charge is 0.338 e. The van der Waals surface area contributed by atoms with E-state index in [0.29, 0.717) is 23.3 Å². The van der Waals surface area contributed by atoms with E-state index in [1.54, 1.807) is 5.57 Å². The Morgan fingerprint density at radius 3 is 2.29 bits per heavy atom. The number of hydrogen-bond acceptors (Lipinski definition) is 3. The molecule has 4 nitrogen and oxygen atoms in total. The molecule has 1 aromatic rings. The van der Waals surface area contributed by atoms with Gasteiger partial charge in [-0.3, -0.25) is 4.79 Å². The summed E-state index contributed by atoms with van der Waals surface area (Å²) in [4.78, 5) is 25.7. The molecule has 1 aromatic carbocycles. The van der Waals surface area contributed by atoms with Crippen molar-refractivity contribution in [2.24, 2.45) is 45.3 Å². The first-order valence-corrected chi connectivity index (χ1v) is 17.0. The van der Waals surface area contributed by atoms with Crippen LogP contribution in [0.2, 0.25) is 0 Å². The van der Waals surface area contributed by atoms with Gasteiger partial charge in [0, 0.05) is 10.8 Å².